The first-order chi connectivity index (χ1) is 8.20. The molecule has 0 spiro atoms. The molecule has 4 heteroatoms. The Morgan fingerprint density at radius 1 is 1.24 bits per heavy atom. The summed E-state index contributed by atoms with van der Waals surface area (Å²) in [6, 6.07) is 4.67. The second-order valence-electron chi connectivity index (χ2n) is 4.75. The van der Waals surface area contributed by atoms with Crippen LogP contribution in [0.25, 0.3) is 0 Å². The van der Waals surface area contributed by atoms with Gasteiger partial charge >= 0.3 is 0 Å². The van der Waals surface area contributed by atoms with Crippen molar-refractivity contribution in [1.82, 2.24) is 15.2 Å². The van der Waals surface area contributed by atoms with E-state index in [1.807, 2.05) is 13.2 Å². The predicted octanol–water partition coefficient (Wildman–Crippen LogP) is 1.11. The maximum absolute atomic E-state index is 4.56. The third-order valence-electron chi connectivity index (χ3n) is 3.53. The SMILES string of the molecule is CNC(C)c1ccc(N2CCN(C)CC2)nc1. The summed E-state index contributed by atoms with van der Waals surface area (Å²) in [6.07, 6.45) is 1.98. The molecule has 0 saturated carbocycles. The minimum Gasteiger partial charge on any atom is -0.354 e. The highest BCUT2D eigenvalue weighted by Crippen LogP contribution is 2.16. The minimum atomic E-state index is 0.365. The number of aromatic nitrogens is 1. The van der Waals surface area contributed by atoms with Crippen molar-refractivity contribution >= 4 is 5.82 Å². The summed E-state index contributed by atoms with van der Waals surface area (Å²) in [7, 11) is 4.14. The second-order valence-corrected chi connectivity index (χ2v) is 4.75. The van der Waals surface area contributed by atoms with Crippen LogP contribution in [0.3, 0.4) is 0 Å². The highest BCUT2D eigenvalue weighted by Gasteiger charge is 2.15. The number of pyridine rings is 1. The number of hydrogen-bond acceptors (Lipinski definition) is 4. The molecule has 2 rings (SSSR count). The first kappa shape index (κ1) is 12.3. The topological polar surface area (TPSA) is 31.4 Å². The Balaban J connectivity index is 2.02. The van der Waals surface area contributed by atoms with Crippen LogP contribution < -0.4 is 10.2 Å². The minimum absolute atomic E-state index is 0.365. The molecule has 1 aliphatic rings. The van der Waals surface area contributed by atoms with Crippen LogP contribution in [-0.2, 0) is 0 Å². The van der Waals surface area contributed by atoms with E-state index >= 15 is 0 Å². The molecular formula is C13H22N4. The van der Waals surface area contributed by atoms with E-state index in [0.717, 1.165) is 32.0 Å². The molecule has 1 atom stereocenters. The van der Waals surface area contributed by atoms with Gasteiger partial charge in [0, 0.05) is 38.4 Å². The fourth-order valence-electron chi connectivity index (χ4n) is 2.04. The lowest BCUT2D eigenvalue weighted by atomic mass is 10.1. The van der Waals surface area contributed by atoms with Gasteiger partial charge in [-0.3, -0.25) is 0 Å². The molecule has 1 unspecified atom stereocenters. The Labute approximate surface area is 104 Å². The summed E-state index contributed by atoms with van der Waals surface area (Å²) < 4.78 is 0. The van der Waals surface area contributed by atoms with Gasteiger partial charge in [-0.25, -0.2) is 4.98 Å². The van der Waals surface area contributed by atoms with Gasteiger partial charge in [0.1, 0.15) is 5.82 Å². The third kappa shape index (κ3) is 2.96. The van der Waals surface area contributed by atoms with E-state index in [2.05, 4.69) is 46.2 Å². The molecule has 1 N–H and O–H groups in total. The van der Waals surface area contributed by atoms with Crippen LogP contribution in [0.5, 0.6) is 0 Å². The lowest BCUT2D eigenvalue weighted by Gasteiger charge is -2.33. The van der Waals surface area contributed by atoms with Crippen molar-refractivity contribution < 1.29 is 0 Å². The van der Waals surface area contributed by atoms with E-state index in [-0.39, 0.29) is 0 Å². The van der Waals surface area contributed by atoms with Crippen molar-refractivity contribution in [3.05, 3.63) is 23.9 Å². The number of piperazine rings is 1. The fraction of sp³-hybridized carbons (Fsp3) is 0.615. The molecule has 0 aliphatic carbocycles. The Bertz CT molecular complexity index is 341. The van der Waals surface area contributed by atoms with Crippen molar-refractivity contribution in [2.75, 3.05) is 45.2 Å². The predicted molar refractivity (Wildman–Crippen MR) is 71.4 cm³/mol. The van der Waals surface area contributed by atoms with E-state index in [4.69, 9.17) is 0 Å². The molecule has 0 aromatic carbocycles. The van der Waals surface area contributed by atoms with Gasteiger partial charge in [-0.2, -0.15) is 0 Å². The zero-order valence-electron chi connectivity index (χ0n) is 11.0. The molecule has 94 valence electrons. The van der Waals surface area contributed by atoms with Crippen molar-refractivity contribution in [1.29, 1.82) is 0 Å². The van der Waals surface area contributed by atoms with Crippen LogP contribution in [0, 0.1) is 0 Å². The van der Waals surface area contributed by atoms with Crippen LogP contribution in [0.1, 0.15) is 18.5 Å². The molecule has 1 aliphatic heterocycles. The average Bonchev–Trinajstić information content (AvgIpc) is 2.39. The summed E-state index contributed by atoms with van der Waals surface area (Å²) >= 11 is 0. The molecule has 1 saturated heterocycles. The van der Waals surface area contributed by atoms with Gasteiger partial charge in [-0.1, -0.05) is 6.07 Å². The van der Waals surface area contributed by atoms with E-state index in [0.29, 0.717) is 6.04 Å². The third-order valence-corrected chi connectivity index (χ3v) is 3.53. The van der Waals surface area contributed by atoms with E-state index in [9.17, 15) is 0 Å². The van der Waals surface area contributed by atoms with Crippen LogP contribution >= 0.6 is 0 Å². The Morgan fingerprint density at radius 3 is 2.47 bits per heavy atom. The van der Waals surface area contributed by atoms with Gasteiger partial charge < -0.3 is 15.1 Å². The number of likely N-dealkylation sites (N-methyl/N-ethyl adjacent to an activating group) is 1. The van der Waals surface area contributed by atoms with Crippen LogP contribution in [0.15, 0.2) is 18.3 Å². The maximum atomic E-state index is 4.56. The molecule has 4 nitrogen and oxygen atoms in total. The van der Waals surface area contributed by atoms with Crippen LogP contribution in [0.2, 0.25) is 0 Å². The normalized spacial score (nSPS) is 19.4. The first-order valence-corrected chi connectivity index (χ1v) is 6.27. The first-order valence-electron chi connectivity index (χ1n) is 6.27. The molecule has 1 fully saturated rings. The smallest absolute Gasteiger partial charge is 0.128 e. The van der Waals surface area contributed by atoms with Gasteiger partial charge in [-0.15, -0.1) is 0 Å². The molecule has 0 radical (unpaired) electrons. The lowest BCUT2D eigenvalue weighted by molar-refractivity contribution is 0.312. The summed E-state index contributed by atoms with van der Waals surface area (Å²) in [6.45, 7) is 6.54. The maximum Gasteiger partial charge on any atom is 0.128 e. The van der Waals surface area contributed by atoms with Gasteiger partial charge in [0.2, 0.25) is 0 Å². The molecule has 0 bridgehead atoms. The van der Waals surface area contributed by atoms with Crippen LogP contribution in [0.4, 0.5) is 5.82 Å². The number of rotatable bonds is 3. The molecule has 0 amide bonds. The van der Waals surface area contributed by atoms with E-state index < -0.39 is 0 Å². The van der Waals surface area contributed by atoms with Crippen molar-refractivity contribution in [2.45, 2.75) is 13.0 Å². The van der Waals surface area contributed by atoms with Gasteiger partial charge in [0.15, 0.2) is 0 Å². The fourth-order valence-corrected chi connectivity index (χ4v) is 2.04. The summed E-state index contributed by atoms with van der Waals surface area (Å²) in [5, 5.41) is 3.23. The molecular weight excluding hydrogens is 212 g/mol. The summed E-state index contributed by atoms with van der Waals surface area (Å²) in [5.74, 6) is 1.10. The zero-order chi connectivity index (χ0) is 12.3. The highest BCUT2D eigenvalue weighted by molar-refractivity contribution is 5.40. The zero-order valence-corrected chi connectivity index (χ0v) is 11.0. The van der Waals surface area contributed by atoms with Gasteiger partial charge in [0.05, 0.1) is 0 Å². The Morgan fingerprint density at radius 2 is 1.94 bits per heavy atom. The molecule has 17 heavy (non-hydrogen) atoms. The summed E-state index contributed by atoms with van der Waals surface area (Å²) in [5.41, 5.74) is 1.24. The number of nitrogens with one attached hydrogen (secondary N) is 1. The molecule has 2 heterocycles. The Hall–Kier alpha value is -1.13. The second kappa shape index (κ2) is 5.47. The van der Waals surface area contributed by atoms with Crippen LogP contribution in [-0.4, -0.2) is 50.2 Å². The van der Waals surface area contributed by atoms with Crippen molar-refractivity contribution in [3.8, 4) is 0 Å². The van der Waals surface area contributed by atoms with E-state index in [1.54, 1.807) is 0 Å². The highest BCUT2D eigenvalue weighted by atomic mass is 15.3. The van der Waals surface area contributed by atoms with Gasteiger partial charge in [-0.05, 0) is 32.6 Å². The quantitative estimate of drug-likeness (QED) is 0.849. The number of nitrogens with zero attached hydrogens (tertiary/aromatic N) is 3. The van der Waals surface area contributed by atoms with E-state index in [1.165, 1.54) is 5.56 Å². The van der Waals surface area contributed by atoms with Crippen molar-refractivity contribution in [2.24, 2.45) is 0 Å². The standard InChI is InChI=1S/C13H22N4/c1-11(14-2)12-4-5-13(15-10-12)17-8-6-16(3)7-9-17/h4-5,10-11,14H,6-9H2,1-3H3. The molecule has 1 aromatic rings. The summed E-state index contributed by atoms with van der Waals surface area (Å²) in [4.78, 5) is 9.27. The number of anilines is 1. The monoisotopic (exact) mass is 234 g/mol. The Kier molecular flexibility index (Phi) is 3.97. The van der Waals surface area contributed by atoms with Crippen molar-refractivity contribution in [3.63, 3.8) is 0 Å². The lowest BCUT2D eigenvalue weighted by Crippen LogP contribution is -2.44. The number of hydrogen-bond donors (Lipinski definition) is 1. The molecule has 1 aromatic heterocycles. The largest absolute Gasteiger partial charge is 0.354 e. The average molecular weight is 234 g/mol. The van der Waals surface area contributed by atoms with Gasteiger partial charge in [0.25, 0.3) is 0 Å².